The lowest BCUT2D eigenvalue weighted by Gasteiger charge is -2.31. The molecule has 0 saturated carbocycles. The minimum Gasteiger partial charge on any atom is -0.373 e. The van der Waals surface area contributed by atoms with E-state index in [0.29, 0.717) is 13.2 Å². The molecule has 1 aliphatic rings. The molecule has 0 bridgehead atoms. The molecule has 1 aromatic heterocycles. The van der Waals surface area contributed by atoms with Crippen LogP contribution < -0.4 is 10.2 Å². The van der Waals surface area contributed by atoms with E-state index < -0.39 is 6.10 Å². The van der Waals surface area contributed by atoms with Gasteiger partial charge in [0.05, 0.1) is 19.2 Å². The highest BCUT2D eigenvalue weighted by atomic mass is 16.5. The standard InChI is InChI=1S/C14H21N5O/c1-14(2,3)13-17-11(16-4)7-12(18-13)19-5-6-20-10(8-15)9-19/h7,10H,5-6,9H2,1-4H3,(H,16,17,18). The molecule has 1 aromatic rings. The Hall–Kier alpha value is -1.87. The number of nitrogens with one attached hydrogen (secondary N) is 1. The fourth-order valence-electron chi connectivity index (χ4n) is 2.00. The zero-order valence-electron chi connectivity index (χ0n) is 12.5. The fraction of sp³-hybridized carbons (Fsp3) is 0.643. The molecule has 6 heteroatoms. The van der Waals surface area contributed by atoms with E-state index in [1.807, 2.05) is 13.1 Å². The lowest BCUT2D eigenvalue weighted by molar-refractivity contribution is 0.0761. The van der Waals surface area contributed by atoms with Crippen molar-refractivity contribution in [1.29, 1.82) is 5.26 Å². The monoisotopic (exact) mass is 275 g/mol. The number of hydrogen-bond acceptors (Lipinski definition) is 6. The highest BCUT2D eigenvalue weighted by molar-refractivity contribution is 5.50. The molecule has 0 spiro atoms. The molecule has 0 amide bonds. The largest absolute Gasteiger partial charge is 0.373 e. The van der Waals surface area contributed by atoms with Crippen molar-refractivity contribution in [3.8, 4) is 6.07 Å². The average Bonchev–Trinajstić information content (AvgIpc) is 2.46. The molecule has 6 nitrogen and oxygen atoms in total. The SMILES string of the molecule is CNc1cc(N2CCOC(C#N)C2)nc(C(C)(C)C)n1. The molecule has 0 aromatic carbocycles. The summed E-state index contributed by atoms with van der Waals surface area (Å²) in [6, 6.07) is 4.07. The van der Waals surface area contributed by atoms with E-state index in [1.54, 1.807) is 0 Å². The van der Waals surface area contributed by atoms with Crippen molar-refractivity contribution in [2.75, 3.05) is 37.0 Å². The lowest BCUT2D eigenvalue weighted by Crippen LogP contribution is -2.42. The van der Waals surface area contributed by atoms with Gasteiger partial charge in [-0.2, -0.15) is 5.26 Å². The van der Waals surface area contributed by atoms with Crippen LogP contribution >= 0.6 is 0 Å². The molecule has 0 radical (unpaired) electrons. The van der Waals surface area contributed by atoms with Gasteiger partial charge in [0.1, 0.15) is 17.5 Å². The normalized spacial score (nSPS) is 19.6. The second-order valence-corrected chi connectivity index (χ2v) is 5.87. The van der Waals surface area contributed by atoms with Crippen LogP contribution in [0.25, 0.3) is 0 Å². The number of morpholine rings is 1. The molecule has 1 fully saturated rings. The van der Waals surface area contributed by atoms with Crippen LogP contribution in [0.2, 0.25) is 0 Å². The van der Waals surface area contributed by atoms with Gasteiger partial charge < -0.3 is 15.0 Å². The molecule has 0 aliphatic carbocycles. The first-order valence-electron chi connectivity index (χ1n) is 6.77. The van der Waals surface area contributed by atoms with Crippen LogP contribution in [0.1, 0.15) is 26.6 Å². The number of nitriles is 1. The molecule has 1 unspecified atom stereocenters. The van der Waals surface area contributed by atoms with Crippen molar-refractivity contribution in [2.45, 2.75) is 32.3 Å². The number of hydrogen-bond donors (Lipinski definition) is 1. The molecule has 108 valence electrons. The average molecular weight is 275 g/mol. The summed E-state index contributed by atoms with van der Waals surface area (Å²) in [7, 11) is 1.84. The number of rotatable bonds is 2. The molecule has 2 rings (SSSR count). The fourth-order valence-corrected chi connectivity index (χ4v) is 2.00. The maximum atomic E-state index is 8.99. The number of nitrogens with zero attached hydrogens (tertiary/aromatic N) is 4. The van der Waals surface area contributed by atoms with Crippen LogP contribution in [0, 0.1) is 11.3 Å². The van der Waals surface area contributed by atoms with E-state index in [9.17, 15) is 0 Å². The zero-order valence-corrected chi connectivity index (χ0v) is 12.5. The van der Waals surface area contributed by atoms with Gasteiger partial charge in [-0.3, -0.25) is 0 Å². The quantitative estimate of drug-likeness (QED) is 0.882. The Kier molecular flexibility index (Phi) is 4.09. The summed E-state index contributed by atoms with van der Waals surface area (Å²) in [6.45, 7) is 8.08. The molecular weight excluding hydrogens is 254 g/mol. The summed E-state index contributed by atoms with van der Waals surface area (Å²) in [4.78, 5) is 11.2. The van der Waals surface area contributed by atoms with E-state index in [2.05, 4.69) is 47.0 Å². The first-order chi connectivity index (χ1) is 9.44. The van der Waals surface area contributed by atoms with Crippen LogP contribution in [-0.4, -0.2) is 42.8 Å². The van der Waals surface area contributed by atoms with Gasteiger partial charge in [0, 0.05) is 25.1 Å². The highest BCUT2D eigenvalue weighted by Gasteiger charge is 2.24. The topological polar surface area (TPSA) is 74.1 Å². The van der Waals surface area contributed by atoms with E-state index in [-0.39, 0.29) is 5.41 Å². The van der Waals surface area contributed by atoms with Gasteiger partial charge in [0.25, 0.3) is 0 Å². The van der Waals surface area contributed by atoms with Crippen LogP contribution in [0.15, 0.2) is 6.07 Å². The number of aromatic nitrogens is 2. The molecular formula is C14H21N5O. The second-order valence-electron chi connectivity index (χ2n) is 5.87. The predicted molar refractivity (Wildman–Crippen MR) is 77.8 cm³/mol. The Balaban J connectivity index is 2.33. The van der Waals surface area contributed by atoms with Crippen molar-refractivity contribution in [3.63, 3.8) is 0 Å². The summed E-state index contributed by atoms with van der Waals surface area (Å²) in [6.07, 6.45) is -0.394. The third kappa shape index (κ3) is 3.17. The van der Waals surface area contributed by atoms with Gasteiger partial charge >= 0.3 is 0 Å². The summed E-state index contributed by atoms with van der Waals surface area (Å²) < 4.78 is 5.37. The lowest BCUT2D eigenvalue weighted by atomic mass is 9.96. The van der Waals surface area contributed by atoms with Gasteiger partial charge in [-0.1, -0.05) is 20.8 Å². The van der Waals surface area contributed by atoms with Crippen LogP contribution in [0.4, 0.5) is 11.6 Å². The number of ether oxygens (including phenoxy) is 1. The highest BCUT2D eigenvalue weighted by Crippen LogP contribution is 2.24. The molecule has 20 heavy (non-hydrogen) atoms. The maximum Gasteiger partial charge on any atom is 0.161 e. The second kappa shape index (κ2) is 5.63. The minimum atomic E-state index is -0.394. The van der Waals surface area contributed by atoms with Crippen LogP contribution in [0.3, 0.4) is 0 Å². The van der Waals surface area contributed by atoms with Crippen LogP contribution in [0.5, 0.6) is 0 Å². The van der Waals surface area contributed by atoms with Crippen molar-refractivity contribution in [3.05, 3.63) is 11.9 Å². The van der Waals surface area contributed by atoms with E-state index in [0.717, 1.165) is 24.0 Å². The van der Waals surface area contributed by atoms with E-state index >= 15 is 0 Å². The Labute approximate surface area is 119 Å². The summed E-state index contributed by atoms with van der Waals surface area (Å²) >= 11 is 0. The first kappa shape index (κ1) is 14.5. The predicted octanol–water partition coefficient (Wildman–Crippen LogP) is 1.54. The van der Waals surface area contributed by atoms with Crippen LogP contribution in [-0.2, 0) is 10.2 Å². The third-order valence-corrected chi connectivity index (χ3v) is 3.17. The molecule has 1 aliphatic heterocycles. The summed E-state index contributed by atoms with van der Waals surface area (Å²) in [5, 5.41) is 12.1. The zero-order chi connectivity index (χ0) is 14.8. The van der Waals surface area contributed by atoms with Gasteiger partial charge in [0.15, 0.2) is 6.10 Å². The first-order valence-corrected chi connectivity index (χ1v) is 6.77. The van der Waals surface area contributed by atoms with E-state index in [4.69, 9.17) is 10.00 Å². The molecule has 2 heterocycles. The van der Waals surface area contributed by atoms with Gasteiger partial charge in [-0.05, 0) is 0 Å². The third-order valence-electron chi connectivity index (χ3n) is 3.17. The Morgan fingerprint density at radius 2 is 2.20 bits per heavy atom. The molecule has 1 N–H and O–H groups in total. The van der Waals surface area contributed by atoms with Crippen molar-refractivity contribution in [2.24, 2.45) is 0 Å². The number of anilines is 2. The maximum absolute atomic E-state index is 8.99. The summed E-state index contributed by atoms with van der Waals surface area (Å²) in [5.74, 6) is 2.43. The van der Waals surface area contributed by atoms with Gasteiger partial charge in [0.2, 0.25) is 0 Å². The Morgan fingerprint density at radius 1 is 1.45 bits per heavy atom. The van der Waals surface area contributed by atoms with E-state index in [1.165, 1.54) is 0 Å². The van der Waals surface area contributed by atoms with Crippen molar-refractivity contribution in [1.82, 2.24) is 9.97 Å². The smallest absolute Gasteiger partial charge is 0.161 e. The van der Waals surface area contributed by atoms with Crippen molar-refractivity contribution >= 4 is 11.6 Å². The Bertz CT molecular complexity index is 517. The minimum absolute atomic E-state index is 0.122. The van der Waals surface area contributed by atoms with Crippen molar-refractivity contribution < 1.29 is 4.74 Å². The van der Waals surface area contributed by atoms with Gasteiger partial charge in [-0.25, -0.2) is 9.97 Å². The molecule has 1 saturated heterocycles. The van der Waals surface area contributed by atoms with Gasteiger partial charge in [-0.15, -0.1) is 0 Å². The Morgan fingerprint density at radius 3 is 2.80 bits per heavy atom. The summed E-state index contributed by atoms with van der Waals surface area (Å²) in [5.41, 5.74) is -0.122. The molecule has 1 atom stereocenters.